The standard InChI is InChI=1S/C21H23NO3/c1-4-5-12-24-17-10-11-19-18(13-17)20(15(3)25-19)21(23)22-16-8-6-14(2)7-9-16/h6-11,13H,4-5,12H2,1-3H3,(H,22,23). The number of ether oxygens (including phenoxy) is 1. The monoisotopic (exact) mass is 337 g/mol. The van der Waals surface area contributed by atoms with Crippen LogP contribution in [0.5, 0.6) is 5.75 Å². The van der Waals surface area contributed by atoms with Gasteiger partial charge in [-0.1, -0.05) is 31.0 Å². The average Bonchev–Trinajstić information content (AvgIpc) is 2.92. The molecular weight excluding hydrogens is 314 g/mol. The molecule has 1 aromatic heterocycles. The number of carbonyl (C=O) groups excluding carboxylic acids is 1. The lowest BCUT2D eigenvalue weighted by Crippen LogP contribution is -2.12. The van der Waals surface area contributed by atoms with Crippen LogP contribution in [0.2, 0.25) is 0 Å². The number of hydrogen-bond donors (Lipinski definition) is 1. The van der Waals surface area contributed by atoms with Gasteiger partial charge in [-0.3, -0.25) is 4.79 Å². The van der Waals surface area contributed by atoms with Crippen LogP contribution in [-0.4, -0.2) is 12.5 Å². The van der Waals surface area contributed by atoms with Crippen LogP contribution in [0, 0.1) is 13.8 Å². The van der Waals surface area contributed by atoms with Crippen molar-refractivity contribution in [2.75, 3.05) is 11.9 Å². The molecule has 0 spiro atoms. The van der Waals surface area contributed by atoms with E-state index in [1.807, 2.05) is 56.3 Å². The normalized spacial score (nSPS) is 10.8. The quantitative estimate of drug-likeness (QED) is 0.606. The van der Waals surface area contributed by atoms with Gasteiger partial charge in [0, 0.05) is 11.1 Å². The highest BCUT2D eigenvalue weighted by Crippen LogP contribution is 2.30. The summed E-state index contributed by atoms with van der Waals surface area (Å²) >= 11 is 0. The van der Waals surface area contributed by atoms with Gasteiger partial charge in [0.1, 0.15) is 17.1 Å². The molecule has 0 aliphatic rings. The maximum Gasteiger partial charge on any atom is 0.259 e. The molecule has 0 saturated heterocycles. The van der Waals surface area contributed by atoms with Gasteiger partial charge in [0.2, 0.25) is 0 Å². The van der Waals surface area contributed by atoms with Gasteiger partial charge in [0.15, 0.2) is 0 Å². The van der Waals surface area contributed by atoms with Crippen LogP contribution < -0.4 is 10.1 Å². The van der Waals surface area contributed by atoms with Gasteiger partial charge in [0.25, 0.3) is 5.91 Å². The fourth-order valence-electron chi connectivity index (χ4n) is 2.74. The van der Waals surface area contributed by atoms with Crippen molar-refractivity contribution in [2.24, 2.45) is 0 Å². The molecular formula is C21H23NO3. The second kappa shape index (κ2) is 7.43. The fourth-order valence-corrected chi connectivity index (χ4v) is 2.74. The summed E-state index contributed by atoms with van der Waals surface area (Å²) in [5, 5.41) is 3.71. The molecule has 0 radical (unpaired) electrons. The molecule has 4 nitrogen and oxygen atoms in total. The van der Waals surface area contributed by atoms with Gasteiger partial charge in [-0.25, -0.2) is 0 Å². The molecule has 0 bridgehead atoms. The molecule has 1 heterocycles. The lowest BCUT2D eigenvalue weighted by Gasteiger charge is -2.07. The first-order chi connectivity index (χ1) is 12.1. The number of anilines is 1. The first-order valence-corrected chi connectivity index (χ1v) is 8.62. The molecule has 25 heavy (non-hydrogen) atoms. The van der Waals surface area contributed by atoms with E-state index in [1.54, 1.807) is 0 Å². The molecule has 1 N–H and O–H groups in total. The number of unbranched alkanes of at least 4 members (excludes halogenated alkanes) is 1. The maximum atomic E-state index is 12.8. The van der Waals surface area contributed by atoms with Crippen molar-refractivity contribution in [1.29, 1.82) is 0 Å². The molecule has 4 heteroatoms. The SMILES string of the molecule is CCCCOc1ccc2oc(C)c(C(=O)Nc3ccc(C)cc3)c2c1. The molecule has 0 unspecified atom stereocenters. The summed E-state index contributed by atoms with van der Waals surface area (Å²) in [6.45, 7) is 6.62. The van der Waals surface area contributed by atoms with Crippen LogP contribution in [-0.2, 0) is 0 Å². The summed E-state index contributed by atoms with van der Waals surface area (Å²) in [6.07, 6.45) is 2.08. The van der Waals surface area contributed by atoms with Gasteiger partial charge in [-0.05, 0) is 50.6 Å². The third-order valence-corrected chi connectivity index (χ3v) is 4.14. The fraction of sp³-hybridized carbons (Fsp3) is 0.286. The average molecular weight is 337 g/mol. The largest absolute Gasteiger partial charge is 0.494 e. The van der Waals surface area contributed by atoms with E-state index in [9.17, 15) is 4.79 Å². The lowest BCUT2D eigenvalue weighted by molar-refractivity contribution is 0.102. The predicted octanol–water partition coefficient (Wildman–Crippen LogP) is 5.48. The topological polar surface area (TPSA) is 51.5 Å². The number of carbonyl (C=O) groups is 1. The molecule has 0 aliphatic carbocycles. The lowest BCUT2D eigenvalue weighted by atomic mass is 10.1. The minimum Gasteiger partial charge on any atom is -0.494 e. The number of fused-ring (bicyclic) bond motifs is 1. The van der Waals surface area contributed by atoms with Crippen molar-refractivity contribution in [3.8, 4) is 5.75 Å². The van der Waals surface area contributed by atoms with Gasteiger partial charge in [-0.15, -0.1) is 0 Å². The van der Waals surface area contributed by atoms with Crippen LogP contribution in [0.25, 0.3) is 11.0 Å². The summed E-state index contributed by atoms with van der Waals surface area (Å²) in [5.74, 6) is 1.18. The Hall–Kier alpha value is -2.75. The Morgan fingerprint density at radius 2 is 1.88 bits per heavy atom. The summed E-state index contributed by atoms with van der Waals surface area (Å²) in [4.78, 5) is 12.8. The number of rotatable bonds is 6. The van der Waals surface area contributed by atoms with E-state index in [4.69, 9.17) is 9.15 Å². The minimum atomic E-state index is -0.175. The summed E-state index contributed by atoms with van der Waals surface area (Å²) < 4.78 is 11.5. The van der Waals surface area contributed by atoms with Gasteiger partial charge in [0.05, 0.1) is 12.2 Å². The highest BCUT2D eigenvalue weighted by molar-refractivity contribution is 6.13. The highest BCUT2D eigenvalue weighted by Gasteiger charge is 2.19. The van der Waals surface area contributed by atoms with Crippen LogP contribution in [0.15, 0.2) is 46.9 Å². The van der Waals surface area contributed by atoms with Crippen molar-refractivity contribution >= 4 is 22.6 Å². The van der Waals surface area contributed by atoms with Crippen molar-refractivity contribution in [1.82, 2.24) is 0 Å². The molecule has 0 saturated carbocycles. The van der Waals surface area contributed by atoms with Crippen molar-refractivity contribution in [2.45, 2.75) is 33.6 Å². The Labute approximate surface area is 147 Å². The first-order valence-electron chi connectivity index (χ1n) is 8.62. The van der Waals surface area contributed by atoms with Crippen LogP contribution in [0.3, 0.4) is 0 Å². The second-order valence-corrected chi connectivity index (χ2v) is 6.21. The molecule has 1 amide bonds. The van der Waals surface area contributed by atoms with E-state index in [0.717, 1.165) is 35.2 Å². The predicted molar refractivity (Wildman–Crippen MR) is 100 cm³/mol. The molecule has 130 valence electrons. The summed E-state index contributed by atoms with van der Waals surface area (Å²) in [5.41, 5.74) is 3.16. The molecule has 0 fully saturated rings. The zero-order chi connectivity index (χ0) is 17.8. The van der Waals surface area contributed by atoms with Crippen molar-refractivity contribution < 1.29 is 13.9 Å². The van der Waals surface area contributed by atoms with E-state index in [0.29, 0.717) is 23.5 Å². The van der Waals surface area contributed by atoms with Crippen molar-refractivity contribution in [3.63, 3.8) is 0 Å². The molecule has 2 aromatic carbocycles. The van der Waals surface area contributed by atoms with E-state index in [2.05, 4.69) is 12.2 Å². The first kappa shape index (κ1) is 17.1. The Kier molecular flexibility index (Phi) is 5.08. The minimum absolute atomic E-state index is 0.175. The number of amides is 1. The Bertz CT molecular complexity index is 878. The number of furan rings is 1. The number of aryl methyl sites for hydroxylation is 2. The highest BCUT2D eigenvalue weighted by atomic mass is 16.5. The third-order valence-electron chi connectivity index (χ3n) is 4.14. The smallest absolute Gasteiger partial charge is 0.259 e. The second-order valence-electron chi connectivity index (χ2n) is 6.21. The van der Waals surface area contributed by atoms with E-state index in [1.165, 1.54) is 0 Å². The van der Waals surface area contributed by atoms with Crippen molar-refractivity contribution in [3.05, 3.63) is 59.4 Å². The number of hydrogen-bond acceptors (Lipinski definition) is 3. The number of nitrogens with one attached hydrogen (secondary N) is 1. The molecule has 0 atom stereocenters. The van der Waals surface area contributed by atoms with E-state index < -0.39 is 0 Å². The molecule has 3 aromatic rings. The Morgan fingerprint density at radius 3 is 2.60 bits per heavy atom. The van der Waals surface area contributed by atoms with Gasteiger partial charge >= 0.3 is 0 Å². The van der Waals surface area contributed by atoms with E-state index in [-0.39, 0.29) is 5.91 Å². The Morgan fingerprint density at radius 1 is 1.12 bits per heavy atom. The van der Waals surface area contributed by atoms with Crippen LogP contribution in [0.1, 0.15) is 41.4 Å². The Balaban J connectivity index is 1.88. The molecule has 0 aliphatic heterocycles. The van der Waals surface area contributed by atoms with E-state index >= 15 is 0 Å². The summed E-state index contributed by atoms with van der Waals surface area (Å²) in [7, 11) is 0. The number of benzene rings is 2. The summed E-state index contributed by atoms with van der Waals surface area (Å²) in [6, 6.07) is 13.3. The molecule has 3 rings (SSSR count). The third kappa shape index (κ3) is 3.85. The van der Waals surface area contributed by atoms with Gasteiger partial charge in [-0.2, -0.15) is 0 Å². The van der Waals surface area contributed by atoms with Crippen LogP contribution in [0.4, 0.5) is 5.69 Å². The van der Waals surface area contributed by atoms with Gasteiger partial charge < -0.3 is 14.5 Å². The zero-order valence-corrected chi connectivity index (χ0v) is 14.9. The van der Waals surface area contributed by atoms with Crippen LogP contribution >= 0.6 is 0 Å². The maximum absolute atomic E-state index is 12.8. The zero-order valence-electron chi connectivity index (χ0n) is 14.9.